The van der Waals surface area contributed by atoms with Crippen LogP contribution in [-0.2, 0) is 4.79 Å². The standard InChI is InChI=1S/C13H19BrN2O/c1-8-7-9(14)5-6-10(8)16-12(17)11(15)13(2,3)4/h5-7,11H,15H2,1-4H3,(H,16,17)/t11-/m1/s1. The largest absolute Gasteiger partial charge is 0.324 e. The van der Waals surface area contributed by atoms with Crippen molar-refractivity contribution in [2.24, 2.45) is 11.1 Å². The highest BCUT2D eigenvalue weighted by molar-refractivity contribution is 9.10. The summed E-state index contributed by atoms with van der Waals surface area (Å²) in [6, 6.07) is 5.20. The Kier molecular flexibility index (Phi) is 4.33. The molecule has 4 heteroatoms. The van der Waals surface area contributed by atoms with Gasteiger partial charge < -0.3 is 11.1 Å². The van der Waals surface area contributed by atoms with Crippen LogP contribution in [-0.4, -0.2) is 11.9 Å². The summed E-state index contributed by atoms with van der Waals surface area (Å²) in [6.07, 6.45) is 0. The molecule has 0 aliphatic carbocycles. The molecule has 0 fully saturated rings. The van der Waals surface area contributed by atoms with Crippen LogP contribution in [0.5, 0.6) is 0 Å². The Morgan fingerprint density at radius 1 is 1.41 bits per heavy atom. The molecule has 0 saturated carbocycles. The van der Waals surface area contributed by atoms with E-state index >= 15 is 0 Å². The number of aryl methyl sites for hydroxylation is 1. The highest BCUT2D eigenvalue weighted by Crippen LogP contribution is 2.22. The number of nitrogens with two attached hydrogens (primary N) is 1. The van der Waals surface area contributed by atoms with Crippen LogP contribution < -0.4 is 11.1 Å². The Morgan fingerprint density at radius 3 is 2.47 bits per heavy atom. The van der Waals surface area contributed by atoms with Crippen LogP contribution in [0, 0.1) is 12.3 Å². The fourth-order valence-electron chi connectivity index (χ4n) is 1.37. The van der Waals surface area contributed by atoms with E-state index in [1.54, 1.807) is 0 Å². The topological polar surface area (TPSA) is 55.1 Å². The van der Waals surface area contributed by atoms with Crippen molar-refractivity contribution in [3.63, 3.8) is 0 Å². The molecule has 1 amide bonds. The van der Waals surface area contributed by atoms with Crippen molar-refractivity contribution in [3.05, 3.63) is 28.2 Å². The minimum absolute atomic E-state index is 0.150. The summed E-state index contributed by atoms with van der Waals surface area (Å²) in [7, 11) is 0. The van der Waals surface area contributed by atoms with Crippen molar-refractivity contribution in [3.8, 4) is 0 Å². The molecule has 1 rings (SSSR count). The van der Waals surface area contributed by atoms with Crippen molar-refractivity contribution >= 4 is 27.5 Å². The molecule has 0 spiro atoms. The first kappa shape index (κ1) is 14.2. The van der Waals surface area contributed by atoms with Gasteiger partial charge in [0.15, 0.2) is 0 Å². The molecule has 0 aromatic heterocycles. The smallest absolute Gasteiger partial charge is 0.241 e. The molecule has 3 N–H and O–H groups in total. The van der Waals surface area contributed by atoms with Crippen molar-refractivity contribution in [1.29, 1.82) is 0 Å². The lowest BCUT2D eigenvalue weighted by molar-refractivity contribution is -0.119. The normalized spacial score (nSPS) is 13.3. The Bertz CT molecular complexity index is 424. The van der Waals surface area contributed by atoms with Gasteiger partial charge in [0.25, 0.3) is 0 Å². The fourth-order valence-corrected chi connectivity index (χ4v) is 1.85. The lowest BCUT2D eigenvalue weighted by Gasteiger charge is -2.26. The third kappa shape index (κ3) is 3.82. The zero-order chi connectivity index (χ0) is 13.2. The molecule has 3 nitrogen and oxygen atoms in total. The molecule has 0 heterocycles. The van der Waals surface area contributed by atoms with Gasteiger partial charge >= 0.3 is 0 Å². The van der Waals surface area contributed by atoms with Crippen LogP contribution in [0.3, 0.4) is 0 Å². The monoisotopic (exact) mass is 298 g/mol. The lowest BCUT2D eigenvalue weighted by atomic mass is 9.87. The molecule has 0 unspecified atom stereocenters. The highest BCUT2D eigenvalue weighted by atomic mass is 79.9. The fraction of sp³-hybridized carbons (Fsp3) is 0.462. The number of amides is 1. The third-order valence-corrected chi connectivity index (χ3v) is 3.16. The first-order chi connectivity index (χ1) is 7.71. The average molecular weight is 299 g/mol. The van der Waals surface area contributed by atoms with Crippen molar-refractivity contribution in [2.45, 2.75) is 33.7 Å². The molecule has 0 saturated heterocycles. The Balaban J connectivity index is 2.82. The van der Waals surface area contributed by atoms with Crippen LogP contribution in [0.2, 0.25) is 0 Å². The SMILES string of the molecule is Cc1cc(Br)ccc1NC(=O)[C@@H](N)C(C)(C)C. The van der Waals surface area contributed by atoms with E-state index in [9.17, 15) is 4.79 Å². The first-order valence-corrected chi connectivity index (χ1v) is 6.33. The van der Waals surface area contributed by atoms with Crippen LogP contribution in [0.15, 0.2) is 22.7 Å². The van der Waals surface area contributed by atoms with Crippen LogP contribution in [0.1, 0.15) is 26.3 Å². The summed E-state index contributed by atoms with van der Waals surface area (Å²) >= 11 is 3.39. The van der Waals surface area contributed by atoms with Crippen LogP contribution >= 0.6 is 15.9 Å². The van der Waals surface area contributed by atoms with Crippen molar-refractivity contribution < 1.29 is 4.79 Å². The van der Waals surface area contributed by atoms with Gasteiger partial charge in [-0.25, -0.2) is 0 Å². The van der Waals surface area contributed by atoms with E-state index in [2.05, 4.69) is 21.2 Å². The molecule has 0 aliphatic rings. The average Bonchev–Trinajstić information content (AvgIpc) is 2.19. The maximum Gasteiger partial charge on any atom is 0.241 e. The number of benzene rings is 1. The van der Waals surface area contributed by atoms with E-state index in [0.717, 1.165) is 15.7 Å². The van der Waals surface area contributed by atoms with Gasteiger partial charge in [0.1, 0.15) is 0 Å². The highest BCUT2D eigenvalue weighted by Gasteiger charge is 2.27. The summed E-state index contributed by atoms with van der Waals surface area (Å²) in [5.74, 6) is -0.150. The van der Waals surface area contributed by atoms with E-state index in [0.29, 0.717) is 0 Å². The molecule has 1 aromatic carbocycles. The van der Waals surface area contributed by atoms with Gasteiger partial charge in [0.05, 0.1) is 6.04 Å². The Morgan fingerprint density at radius 2 is 2.00 bits per heavy atom. The van der Waals surface area contributed by atoms with E-state index in [1.807, 2.05) is 45.9 Å². The van der Waals surface area contributed by atoms with Gasteiger partial charge in [-0.05, 0) is 36.1 Å². The minimum Gasteiger partial charge on any atom is -0.324 e. The maximum absolute atomic E-state index is 11.9. The van der Waals surface area contributed by atoms with Gasteiger partial charge in [-0.3, -0.25) is 4.79 Å². The summed E-state index contributed by atoms with van der Waals surface area (Å²) in [4.78, 5) is 11.9. The number of carbonyl (C=O) groups excluding carboxylic acids is 1. The predicted molar refractivity (Wildman–Crippen MR) is 74.9 cm³/mol. The third-order valence-electron chi connectivity index (χ3n) is 2.66. The van der Waals surface area contributed by atoms with Gasteiger partial charge in [0, 0.05) is 10.2 Å². The van der Waals surface area contributed by atoms with E-state index in [4.69, 9.17) is 5.73 Å². The number of carbonyl (C=O) groups is 1. The van der Waals surface area contributed by atoms with Gasteiger partial charge in [0.2, 0.25) is 5.91 Å². The Hall–Kier alpha value is -0.870. The molecular weight excluding hydrogens is 280 g/mol. The number of rotatable bonds is 2. The van der Waals surface area contributed by atoms with Crippen molar-refractivity contribution in [1.82, 2.24) is 0 Å². The van der Waals surface area contributed by atoms with E-state index in [1.165, 1.54) is 0 Å². The molecule has 1 atom stereocenters. The molecule has 1 aromatic rings. The van der Waals surface area contributed by atoms with Crippen LogP contribution in [0.4, 0.5) is 5.69 Å². The van der Waals surface area contributed by atoms with Crippen LogP contribution in [0.25, 0.3) is 0 Å². The summed E-state index contributed by atoms with van der Waals surface area (Å²) in [5, 5.41) is 2.86. The number of hydrogen-bond acceptors (Lipinski definition) is 2. The summed E-state index contributed by atoms with van der Waals surface area (Å²) in [5.41, 5.74) is 7.47. The van der Waals surface area contributed by atoms with E-state index < -0.39 is 6.04 Å². The first-order valence-electron chi connectivity index (χ1n) is 5.54. The quantitative estimate of drug-likeness (QED) is 0.881. The molecule has 0 aliphatic heterocycles. The van der Waals surface area contributed by atoms with Gasteiger partial charge in [-0.1, -0.05) is 36.7 Å². The number of anilines is 1. The van der Waals surface area contributed by atoms with Gasteiger partial charge in [-0.15, -0.1) is 0 Å². The van der Waals surface area contributed by atoms with E-state index in [-0.39, 0.29) is 11.3 Å². The number of hydrogen-bond donors (Lipinski definition) is 2. The summed E-state index contributed by atoms with van der Waals surface area (Å²) < 4.78 is 0.994. The summed E-state index contributed by atoms with van der Waals surface area (Å²) in [6.45, 7) is 7.80. The second-order valence-corrected chi connectivity index (χ2v) is 6.21. The minimum atomic E-state index is -0.523. The number of nitrogens with one attached hydrogen (secondary N) is 1. The van der Waals surface area contributed by atoms with Crippen molar-refractivity contribution in [2.75, 3.05) is 5.32 Å². The van der Waals surface area contributed by atoms with Gasteiger partial charge in [-0.2, -0.15) is 0 Å². The zero-order valence-corrected chi connectivity index (χ0v) is 12.3. The molecular formula is C13H19BrN2O. The predicted octanol–water partition coefficient (Wildman–Crippen LogP) is 3.07. The number of halogens is 1. The molecule has 0 radical (unpaired) electrons. The second kappa shape index (κ2) is 5.19. The molecule has 0 bridgehead atoms. The Labute approximate surface area is 111 Å². The zero-order valence-electron chi connectivity index (χ0n) is 10.7. The molecule has 17 heavy (non-hydrogen) atoms. The maximum atomic E-state index is 11.9. The second-order valence-electron chi connectivity index (χ2n) is 5.29. The molecule has 94 valence electrons. The lowest BCUT2D eigenvalue weighted by Crippen LogP contribution is -2.45.